The molecule has 0 aliphatic heterocycles. The molecule has 0 spiro atoms. The number of hydrogen-bond donors (Lipinski definition) is 0. The molecule has 0 aromatic heterocycles. The Morgan fingerprint density at radius 1 is 1.75 bits per heavy atom. The van der Waals surface area contributed by atoms with E-state index in [1.807, 2.05) is 18.0 Å². The third-order valence-electron chi connectivity index (χ3n) is 0. The Balaban J connectivity index is 0. The van der Waals surface area contributed by atoms with E-state index in [4.69, 9.17) is 2.81 Å². The first-order chi connectivity index (χ1) is 1.41. The summed E-state index contributed by atoms with van der Waals surface area (Å²) in [4.78, 5) is 0. The average molecular weight is 392 g/mol. The van der Waals surface area contributed by atoms with E-state index in [1.165, 1.54) is 0 Å². The fourth-order valence-corrected chi connectivity index (χ4v) is 0. The van der Waals surface area contributed by atoms with Crippen molar-refractivity contribution in [2.45, 2.75) is 0 Å². The van der Waals surface area contributed by atoms with Crippen LogP contribution in [0.15, 0.2) is 0 Å². The van der Waals surface area contributed by atoms with Crippen LogP contribution in [0, 0.1) is 0 Å². The van der Waals surface area contributed by atoms with E-state index in [9.17, 15) is 0 Å². The van der Waals surface area contributed by atoms with Crippen LogP contribution >= 0.6 is 18.0 Å². The molecule has 0 aromatic carbocycles. The van der Waals surface area contributed by atoms with Gasteiger partial charge < -0.3 is 0 Å². The summed E-state index contributed by atoms with van der Waals surface area (Å²) in [6.07, 6.45) is 0. The van der Waals surface area contributed by atoms with Crippen molar-refractivity contribution >= 4 is 88.5 Å². The SMILES string of the molecule is [KH].[O]=[Bi][I]. The van der Waals surface area contributed by atoms with Crippen molar-refractivity contribution in [3.05, 3.63) is 0 Å². The molecule has 0 amide bonds. The van der Waals surface area contributed by atoms with Gasteiger partial charge in [-0.3, -0.25) is 0 Å². The van der Waals surface area contributed by atoms with Gasteiger partial charge in [0.15, 0.2) is 0 Å². The summed E-state index contributed by atoms with van der Waals surface area (Å²) < 4.78 is 9.10. The topological polar surface area (TPSA) is 17.1 Å². The summed E-state index contributed by atoms with van der Waals surface area (Å²) >= 11 is 0.800. The minimum absolute atomic E-state index is 0. The second-order valence-corrected chi connectivity index (χ2v) is 4.06. The molecule has 20 valence electrons. The summed E-state index contributed by atoms with van der Waals surface area (Å²) in [7, 11) is 0. The molecule has 0 aromatic rings. The van der Waals surface area contributed by atoms with Gasteiger partial charge in [0.05, 0.1) is 0 Å². The summed E-state index contributed by atoms with van der Waals surface area (Å²) in [5.41, 5.74) is 0. The normalized spacial score (nSPS) is 3.25. The van der Waals surface area contributed by atoms with Gasteiger partial charge >= 0.3 is 91.3 Å². The maximum atomic E-state index is 9.10. The average Bonchev–Trinajstić information content (AvgIpc) is 0.918. The third-order valence-corrected chi connectivity index (χ3v) is 0. The van der Waals surface area contributed by atoms with Gasteiger partial charge in [-0.25, -0.2) is 0 Å². The molecule has 0 saturated carbocycles. The fraction of sp³-hybridized carbons (Fsp3) is 0. The maximum absolute atomic E-state index is 9.10. The Labute approximate surface area is 88.4 Å². The zero-order valence-corrected chi connectivity index (χ0v) is 6.87. The van der Waals surface area contributed by atoms with Crippen molar-refractivity contribution in [1.29, 1.82) is 0 Å². The van der Waals surface area contributed by atoms with E-state index >= 15 is 0 Å². The monoisotopic (exact) mass is 392 g/mol. The predicted molar refractivity (Wildman–Crippen MR) is 27.6 cm³/mol. The van der Waals surface area contributed by atoms with Gasteiger partial charge in [0.25, 0.3) is 0 Å². The Bertz CT molecular complexity index is 15.5. The molecule has 0 saturated heterocycles. The fourth-order valence-electron chi connectivity index (χ4n) is 0. The van der Waals surface area contributed by atoms with Crippen LogP contribution in [0.5, 0.6) is 0 Å². The summed E-state index contributed by atoms with van der Waals surface area (Å²) in [6.45, 7) is 0. The van der Waals surface area contributed by atoms with Gasteiger partial charge in [0, 0.05) is 0 Å². The Morgan fingerprint density at radius 3 is 1.75 bits per heavy atom. The molecule has 0 fully saturated rings. The molecule has 0 N–H and O–H groups in total. The first-order valence-corrected chi connectivity index (χ1v) is 11.6. The van der Waals surface area contributed by atoms with Crippen LogP contribution in [0.3, 0.4) is 0 Å². The molecule has 4 heteroatoms. The number of hydrogen-bond acceptors (Lipinski definition) is 1. The predicted octanol–water partition coefficient (Wildman–Crippen LogP) is -0.262. The summed E-state index contributed by atoms with van der Waals surface area (Å²) in [5.74, 6) is 0. The number of halogens is 1. The Hall–Kier alpha value is 3.05. The quantitative estimate of drug-likeness (QED) is 0.410. The Morgan fingerprint density at radius 2 is 1.75 bits per heavy atom. The van der Waals surface area contributed by atoms with Crippen molar-refractivity contribution in [1.82, 2.24) is 0 Å². The van der Waals surface area contributed by atoms with Crippen LogP contribution < -0.4 is 0 Å². The van der Waals surface area contributed by atoms with Crippen LogP contribution in [0.4, 0.5) is 0 Å². The molecule has 0 aliphatic carbocycles. The second kappa shape index (κ2) is 9.41. The van der Waals surface area contributed by atoms with E-state index in [2.05, 4.69) is 0 Å². The van der Waals surface area contributed by atoms with Crippen molar-refractivity contribution in [2.75, 3.05) is 0 Å². The molecule has 1 nitrogen and oxygen atoms in total. The first-order valence-electron chi connectivity index (χ1n) is 0.352. The van der Waals surface area contributed by atoms with Crippen LogP contribution in [0.1, 0.15) is 0 Å². The van der Waals surface area contributed by atoms with Gasteiger partial charge in [0.1, 0.15) is 0 Å². The molecule has 0 atom stereocenters. The van der Waals surface area contributed by atoms with Crippen molar-refractivity contribution in [2.24, 2.45) is 0 Å². The minimum atomic E-state index is -1.11. The van der Waals surface area contributed by atoms with Crippen LogP contribution in [-0.4, -0.2) is 70.4 Å². The van der Waals surface area contributed by atoms with Crippen molar-refractivity contribution in [3.63, 3.8) is 0 Å². The molecule has 4 heavy (non-hydrogen) atoms. The van der Waals surface area contributed by atoms with Crippen molar-refractivity contribution in [3.8, 4) is 0 Å². The molecular formula is HBiIKO. The van der Waals surface area contributed by atoms with E-state index in [0.29, 0.717) is 0 Å². The van der Waals surface area contributed by atoms with E-state index in [0.717, 1.165) is 0 Å². The Kier molecular flexibility index (Phi) is 23.8. The standard InChI is InChI=1S/Bi.HI.K.O.H/h;1H;;;/q+1;;;;/p-1. The van der Waals surface area contributed by atoms with E-state index < -0.39 is 19.0 Å². The number of rotatable bonds is 0. The van der Waals surface area contributed by atoms with E-state index in [-0.39, 0.29) is 51.4 Å². The van der Waals surface area contributed by atoms with Gasteiger partial charge in [-0.05, 0) is 0 Å². The van der Waals surface area contributed by atoms with Crippen LogP contribution in [0.25, 0.3) is 0 Å². The van der Waals surface area contributed by atoms with Gasteiger partial charge in [0.2, 0.25) is 0 Å². The molecule has 0 unspecified atom stereocenters. The first kappa shape index (κ1) is 10.1. The molecule has 0 aliphatic rings. The molecule has 0 bridgehead atoms. The van der Waals surface area contributed by atoms with Gasteiger partial charge in [-0.15, -0.1) is 0 Å². The zero-order valence-electron chi connectivity index (χ0n) is 1.23. The van der Waals surface area contributed by atoms with Gasteiger partial charge in [-0.2, -0.15) is 0 Å². The van der Waals surface area contributed by atoms with Crippen LogP contribution in [0.2, 0.25) is 0 Å². The summed E-state index contributed by atoms with van der Waals surface area (Å²) in [5, 5.41) is 0. The van der Waals surface area contributed by atoms with Crippen molar-refractivity contribution < 1.29 is 2.81 Å². The molecule has 0 radical (unpaired) electrons. The van der Waals surface area contributed by atoms with E-state index in [1.54, 1.807) is 0 Å². The molecular weight excluding hydrogens is 391 g/mol. The summed E-state index contributed by atoms with van der Waals surface area (Å²) in [6, 6.07) is 0. The third kappa shape index (κ3) is 8.90. The van der Waals surface area contributed by atoms with Crippen LogP contribution in [-0.2, 0) is 2.81 Å². The zero-order chi connectivity index (χ0) is 2.71. The second-order valence-electron chi connectivity index (χ2n) is 0.0690. The molecule has 0 rings (SSSR count). The van der Waals surface area contributed by atoms with Gasteiger partial charge in [-0.1, -0.05) is 0 Å². The molecule has 0 heterocycles.